The summed E-state index contributed by atoms with van der Waals surface area (Å²) in [6.07, 6.45) is -0.637. The first kappa shape index (κ1) is 9.34. The maximum Gasteiger partial charge on any atom is 0.407 e. The second-order valence-corrected chi connectivity index (χ2v) is 3.71. The number of rotatable bonds is 1. The van der Waals surface area contributed by atoms with Crippen LogP contribution in [-0.4, -0.2) is 12.6 Å². The topological polar surface area (TPSA) is 38.3 Å². The van der Waals surface area contributed by atoms with Crippen molar-refractivity contribution in [2.24, 2.45) is 0 Å². The smallest absolute Gasteiger partial charge is 0.407 e. The van der Waals surface area contributed by atoms with Crippen molar-refractivity contribution in [3.63, 3.8) is 0 Å². The molecule has 0 aromatic heterocycles. The highest BCUT2D eigenvalue weighted by Gasteiger charge is 2.25. The molecule has 4 heteroatoms. The Morgan fingerprint density at radius 1 is 1.57 bits per heavy atom. The molecule has 1 aliphatic heterocycles. The summed E-state index contributed by atoms with van der Waals surface area (Å²) in [5, 5.41) is 3.24. The first-order chi connectivity index (χ1) is 6.66. The number of carbonyl (C=O) groups excluding carboxylic acids is 1. The molecule has 1 fully saturated rings. The molecule has 14 heavy (non-hydrogen) atoms. The predicted octanol–water partition coefficient (Wildman–Crippen LogP) is 2.43. The van der Waals surface area contributed by atoms with Gasteiger partial charge < -0.3 is 10.1 Å². The molecule has 2 rings (SSSR count). The number of ether oxygens (including phenoxy) is 1. The molecule has 1 aromatic carbocycles. The largest absolute Gasteiger partial charge is 0.439 e. The van der Waals surface area contributed by atoms with E-state index in [0.717, 1.165) is 11.1 Å². The van der Waals surface area contributed by atoms with Crippen LogP contribution in [-0.2, 0) is 4.74 Å². The van der Waals surface area contributed by atoms with Crippen molar-refractivity contribution in [3.05, 3.63) is 34.3 Å². The number of cyclic esters (lactones) is 1. The van der Waals surface area contributed by atoms with Crippen LogP contribution in [0.15, 0.2) is 18.2 Å². The van der Waals surface area contributed by atoms with E-state index in [2.05, 4.69) is 5.32 Å². The predicted molar refractivity (Wildman–Crippen MR) is 53.4 cm³/mol. The van der Waals surface area contributed by atoms with Gasteiger partial charge in [-0.2, -0.15) is 0 Å². The molecule has 0 aliphatic carbocycles. The van der Waals surface area contributed by atoms with Crippen molar-refractivity contribution in [3.8, 4) is 0 Å². The summed E-state index contributed by atoms with van der Waals surface area (Å²) >= 11 is 6.04. The Hall–Kier alpha value is -1.22. The van der Waals surface area contributed by atoms with E-state index < -0.39 is 0 Å². The van der Waals surface area contributed by atoms with E-state index in [4.69, 9.17) is 16.3 Å². The van der Waals surface area contributed by atoms with Crippen molar-refractivity contribution in [2.75, 3.05) is 6.54 Å². The number of hydrogen-bond donors (Lipinski definition) is 1. The number of nitrogens with one attached hydrogen (secondary N) is 1. The average molecular weight is 212 g/mol. The van der Waals surface area contributed by atoms with E-state index in [0.29, 0.717) is 11.6 Å². The summed E-state index contributed by atoms with van der Waals surface area (Å²) in [6.45, 7) is 2.45. The molecule has 1 N–H and O–H groups in total. The van der Waals surface area contributed by atoms with Crippen molar-refractivity contribution in [2.45, 2.75) is 13.0 Å². The molecule has 1 atom stereocenters. The number of amides is 1. The van der Waals surface area contributed by atoms with Gasteiger partial charge in [0, 0.05) is 10.6 Å². The van der Waals surface area contributed by atoms with Gasteiger partial charge >= 0.3 is 6.09 Å². The maximum atomic E-state index is 10.8. The van der Waals surface area contributed by atoms with Crippen molar-refractivity contribution < 1.29 is 9.53 Å². The zero-order chi connectivity index (χ0) is 10.1. The lowest BCUT2D eigenvalue weighted by atomic mass is 10.1. The Kier molecular flexibility index (Phi) is 2.33. The normalized spacial score (nSPS) is 20.4. The molecule has 0 radical (unpaired) electrons. The van der Waals surface area contributed by atoms with Crippen LogP contribution >= 0.6 is 11.6 Å². The zero-order valence-electron chi connectivity index (χ0n) is 7.71. The van der Waals surface area contributed by atoms with Crippen molar-refractivity contribution in [1.82, 2.24) is 5.32 Å². The standard InChI is InChI=1S/C10H10ClNO2/c1-6-2-3-7(8(11)4-6)9-5-12-10(13)14-9/h2-4,9H,5H2,1H3,(H,12,13). The Bertz CT molecular complexity index is 378. The van der Waals surface area contributed by atoms with Gasteiger partial charge in [-0.1, -0.05) is 23.7 Å². The molecule has 1 aliphatic rings. The first-order valence-electron chi connectivity index (χ1n) is 4.37. The van der Waals surface area contributed by atoms with Gasteiger partial charge in [-0.05, 0) is 18.6 Å². The molecule has 3 nitrogen and oxygen atoms in total. The van der Waals surface area contributed by atoms with Gasteiger partial charge in [0.2, 0.25) is 0 Å². The van der Waals surface area contributed by atoms with Crippen LogP contribution in [0.4, 0.5) is 4.79 Å². The third-order valence-corrected chi connectivity index (χ3v) is 2.51. The van der Waals surface area contributed by atoms with Gasteiger partial charge in [0.1, 0.15) is 6.10 Å². The van der Waals surface area contributed by atoms with Crippen LogP contribution in [0.1, 0.15) is 17.2 Å². The Morgan fingerprint density at radius 2 is 2.36 bits per heavy atom. The number of carbonyl (C=O) groups is 1. The quantitative estimate of drug-likeness (QED) is 0.775. The van der Waals surface area contributed by atoms with Crippen LogP contribution in [0, 0.1) is 6.92 Å². The lowest BCUT2D eigenvalue weighted by Gasteiger charge is -2.10. The molecule has 0 spiro atoms. The molecule has 1 heterocycles. The molecule has 1 saturated heterocycles. The highest BCUT2D eigenvalue weighted by molar-refractivity contribution is 6.31. The fourth-order valence-corrected chi connectivity index (χ4v) is 1.81. The van der Waals surface area contributed by atoms with E-state index >= 15 is 0 Å². The number of hydrogen-bond acceptors (Lipinski definition) is 2. The molecule has 0 saturated carbocycles. The third-order valence-electron chi connectivity index (χ3n) is 2.18. The highest BCUT2D eigenvalue weighted by atomic mass is 35.5. The first-order valence-corrected chi connectivity index (χ1v) is 4.75. The van der Waals surface area contributed by atoms with Gasteiger partial charge in [-0.15, -0.1) is 0 Å². The SMILES string of the molecule is Cc1ccc(C2CNC(=O)O2)c(Cl)c1. The van der Waals surface area contributed by atoms with E-state index in [1.807, 2.05) is 25.1 Å². The molecular formula is C10H10ClNO2. The van der Waals surface area contributed by atoms with Gasteiger partial charge in [0.15, 0.2) is 0 Å². The lowest BCUT2D eigenvalue weighted by molar-refractivity contribution is 0.141. The van der Waals surface area contributed by atoms with E-state index in [1.54, 1.807) is 0 Å². The summed E-state index contributed by atoms with van der Waals surface area (Å²) in [6, 6.07) is 5.71. The zero-order valence-corrected chi connectivity index (χ0v) is 8.47. The molecular weight excluding hydrogens is 202 g/mol. The van der Waals surface area contributed by atoms with Crippen LogP contribution in [0.25, 0.3) is 0 Å². The molecule has 1 aromatic rings. The number of benzene rings is 1. The fourth-order valence-electron chi connectivity index (χ4n) is 1.46. The highest BCUT2D eigenvalue weighted by Crippen LogP contribution is 2.28. The maximum absolute atomic E-state index is 10.8. The number of halogens is 1. The Morgan fingerprint density at radius 3 is 2.93 bits per heavy atom. The minimum Gasteiger partial charge on any atom is -0.439 e. The van der Waals surface area contributed by atoms with Gasteiger partial charge in [0.05, 0.1) is 6.54 Å². The van der Waals surface area contributed by atoms with Gasteiger partial charge in [-0.3, -0.25) is 0 Å². The van der Waals surface area contributed by atoms with Gasteiger partial charge in [-0.25, -0.2) is 4.79 Å². The molecule has 1 unspecified atom stereocenters. The third kappa shape index (κ3) is 1.68. The van der Waals surface area contributed by atoms with E-state index in [9.17, 15) is 4.79 Å². The molecule has 1 amide bonds. The minimum atomic E-state index is -0.383. The summed E-state index contributed by atoms with van der Waals surface area (Å²) in [7, 11) is 0. The van der Waals surface area contributed by atoms with Crippen LogP contribution in [0.3, 0.4) is 0 Å². The molecule has 0 bridgehead atoms. The second-order valence-electron chi connectivity index (χ2n) is 3.30. The summed E-state index contributed by atoms with van der Waals surface area (Å²) in [5.74, 6) is 0. The Labute approximate surface area is 87.0 Å². The average Bonchev–Trinajstić information content (AvgIpc) is 2.51. The Balaban J connectivity index is 2.28. The van der Waals surface area contributed by atoms with Crippen LogP contribution in [0.2, 0.25) is 5.02 Å². The van der Waals surface area contributed by atoms with E-state index in [1.165, 1.54) is 0 Å². The van der Waals surface area contributed by atoms with Gasteiger partial charge in [0.25, 0.3) is 0 Å². The van der Waals surface area contributed by atoms with E-state index in [-0.39, 0.29) is 12.2 Å². The summed E-state index contributed by atoms with van der Waals surface area (Å²) in [5.41, 5.74) is 1.95. The summed E-state index contributed by atoms with van der Waals surface area (Å²) < 4.78 is 5.03. The monoisotopic (exact) mass is 211 g/mol. The van der Waals surface area contributed by atoms with Crippen molar-refractivity contribution in [1.29, 1.82) is 0 Å². The minimum absolute atomic E-state index is 0.254. The summed E-state index contributed by atoms with van der Waals surface area (Å²) in [4.78, 5) is 10.8. The van der Waals surface area contributed by atoms with Crippen LogP contribution < -0.4 is 5.32 Å². The number of aryl methyl sites for hydroxylation is 1. The fraction of sp³-hybridized carbons (Fsp3) is 0.300. The van der Waals surface area contributed by atoms with Crippen molar-refractivity contribution >= 4 is 17.7 Å². The number of alkyl carbamates (subject to hydrolysis) is 1. The lowest BCUT2D eigenvalue weighted by Crippen LogP contribution is -2.12. The second kappa shape index (κ2) is 3.50. The molecule has 74 valence electrons. The van der Waals surface area contributed by atoms with Crippen LogP contribution in [0.5, 0.6) is 0 Å².